The molecule has 1 saturated heterocycles. The molecule has 3 atom stereocenters. The lowest BCUT2D eigenvalue weighted by Gasteiger charge is -2.47. The van der Waals surface area contributed by atoms with E-state index in [4.69, 9.17) is 4.74 Å². The highest BCUT2D eigenvalue weighted by Crippen LogP contribution is 2.47. The second-order valence-corrected chi connectivity index (χ2v) is 7.08. The van der Waals surface area contributed by atoms with Crippen LogP contribution >= 0.6 is 0 Å². The summed E-state index contributed by atoms with van der Waals surface area (Å²) in [5, 5.41) is 0. The average Bonchev–Trinajstić information content (AvgIpc) is 2.44. The smallest absolute Gasteiger partial charge is 0.375 e. The van der Waals surface area contributed by atoms with E-state index in [2.05, 4.69) is 0 Å². The van der Waals surface area contributed by atoms with Gasteiger partial charge in [0.05, 0.1) is 11.5 Å². The minimum atomic E-state index is -4.15. The van der Waals surface area contributed by atoms with Crippen molar-refractivity contribution >= 4 is 5.78 Å². The number of alkyl halides is 3. The summed E-state index contributed by atoms with van der Waals surface area (Å²) < 4.78 is 44.4. The van der Waals surface area contributed by atoms with Gasteiger partial charge >= 0.3 is 6.18 Å². The van der Waals surface area contributed by atoms with Gasteiger partial charge in [0, 0.05) is 18.4 Å². The zero-order chi connectivity index (χ0) is 15.1. The third kappa shape index (κ3) is 3.13. The number of carbonyl (C=O) groups is 1. The van der Waals surface area contributed by atoms with Crippen LogP contribution in [0.25, 0.3) is 0 Å². The molecule has 0 aromatic heterocycles. The average molecular weight is 304 g/mol. The van der Waals surface area contributed by atoms with E-state index in [1.807, 2.05) is 0 Å². The Morgan fingerprint density at radius 3 is 2.43 bits per heavy atom. The van der Waals surface area contributed by atoms with E-state index in [0.717, 1.165) is 25.7 Å². The predicted molar refractivity (Wildman–Crippen MR) is 71.8 cm³/mol. The normalized spacial score (nSPS) is 36.2. The van der Waals surface area contributed by atoms with E-state index >= 15 is 0 Å². The minimum Gasteiger partial charge on any atom is -0.375 e. The van der Waals surface area contributed by atoms with Gasteiger partial charge in [0.25, 0.3) is 0 Å². The molecule has 3 fully saturated rings. The molecule has 1 aliphatic heterocycles. The molecule has 2 nitrogen and oxygen atoms in total. The molecule has 1 heterocycles. The Labute approximate surface area is 123 Å². The Hall–Kier alpha value is -0.580. The van der Waals surface area contributed by atoms with E-state index in [-0.39, 0.29) is 36.1 Å². The Balaban J connectivity index is 1.61. The number of Topliss-reactive ketones (excluding diaryl/α,β-unsaturated/α-hetero) is 1. The van der Waals surface area contributed by atoms with Gasteiger partial charge in [0.15, 0.2) is 0 Å². The molecule has 2 saturated carbocycles. The molecule has 3 rings (SSSR count). The number of carbonyl (C=O) groups excluding carboxylic acids is 1. The Morgan fingerprint density at radius 2 is 1.81 bits per heavy atom. The summed E-state index contributed by atoms with van der Waals surface area (Å²) in [6.45, 7) is 0.589. The Kier molecular flexibility index (Phi) is 4.06. The molecule has 0 aromatic rings. The zero-order valence-corrected chi connectivity index (χ0v) is 12.3. The molecule has 21 heavy (non-hydrogen) atoms. The van der Waals surface area contributed by atoms with Crippen LogP contribution in [0.2, 0.25) is 0 Å². The van der Waals surface area contributed by atoms with Crippen LogP contribution in [0.3, 0.4) is 0 Å². The maximum atomic E-state index is 12.9. The van der Waals surface area contributed by atoms with Crippen LogP contribution in [0.15, 0.2) is 0 Å². The van der Waals surface area contributed by atoms with Crippen LogP contribution < -0.4 is 0 Å². The fourth-order valence-electron chi connectivity index (χ4n) is 4.27. The maximum absolute atomic E-state index is 12.9. The van der Waals surface area contributed by atoms with Crippen molar-refractivity contribution in [2.75, 3.05) is 6.61 Å². The fraction of sp³-hybridized carbons (Fsp3) is 0.938. The van der Waals surface area contributed by atoms with Gasteiger partial charge in [0.2, 0.25) is 0 Å². The number of rotatable bonds is 2. The van der Waals surface area contributed by atoms with Crippen LogP contribution in [-0.2, 0) is 9.53 Å². The van der Waals surface area contributed by atoms with E-state index in [9.17, 15) is 18.0 Å². The highest BCUT2D eigenvalue weighted by atomic mass is 19.4. The number of halogens is 3. The van der Waals surface area contributed by atoms with Crippen molar-refractivity contribution in [2.45, 2.75) is 69.6 Å². The summed E-state index contributed by atoms with van der Waals surface area (Å²) in [5.74, 6) is -1.65. The summed E-state index contributed by atoms with van der Waals surface area (Å²) >= 11 is 0. The third-order valence-electron chi connectivity index (χ3n) is 5.70. The fourth-order valence-corrected chi connectivity index (χ4v) is 4.27. The van der Waals surface area contributed by atoms with Crippen LogP contribution in [0.4, 0.5) is 13.2 Å². The van der Waals surface area contributed by atoms with E-state index in [1.54, 1.807) is 0 Å². The van der Waals surface area contributed by atoms with Gasteiger partial charge in [-0.05, 0) is 51.4 Å². The maximum Gasteiger partial charge on any atom is 0.391 e. The Bertz CT molecular complexity index is 401. The van der Waals surface area contributed by atoms with Gasteiger partial charge in [-0.1, -0.05) is 6.42 Å². The molecule has 0 N–H and O–H groups in total. The van der Waals surface area contributed by atoms with E-state index in [1.165, 1.54) is 0 Å². The molecule has 0 radical (unpaired) electrons. The quantitative estimate of drug-likeness (QED) is 0.761. The second kappa shape index (κ2) is 5.56. The first-order valence-electron chi connectivity index (χ1n) is 8.14. The van der Waals surface area contributed by atoms with Crippen molar-refractivity contribution in [1.29, 1.82) is 0 Å². The van der Waals surface area contributed by atoms with Gasteiger partial charge in [-0.15, -0.1) is 0 Å². The topological polar surface area (TPSA) is 26.3 Å². The second-order valence-electron chi connectivity index (χ2n) is 7.08. The molecular weight excluding hydrogens is 281 g/mol. The summed E-state index contributed by atoms with van der Waals surface area (Å²) in [6.07, 6.45) is 1.78. The lowest BCUT2D eigenvalue weighted by atomic mass is 9.68. The van der Waals surface area contributed by atoms with Crippen LogP contribution in [0.1, 0.15) is 57.8 Å². The van der Waals surface area contributed by atoms with Gasteiger partial charge in [-0.3, -0.25) is 4.79 Å². The first kappa shape index (κ1) is 15.3. The van der Waals surface area contributed by atoms with Crippen molar-refractivity contribution in [2.24, 2.45) is 17.8 Å². The van der Waals surface area contributed by atoms with Crippen molar-refractivity contribution in [3.8, 4) is 0 Å². The minimum absolute atomic E-state index is 0.00664. The lowest BCUT2D eigenvalue weighted by molar-refractivity contribution is -0.188. The lowest BCUT2D eigenvalue weighted by Crippen LogP contribution is -2.48. The van der Waals surface area contributed by atoms with Crippen molar-refractivity contribution < 1.29 is 22.7 Å². The van der Waals surface area contributed by atoms with Gasteiger partial charge in [0.1, 0.15) is 5.78 Å². The summed E-state index contributed by atoms with van der Waals surface area (Å²) in [4.78, 5) is 12.6. The van der Waals surface area contributed by atoms with E-state index < -0.39 is 12.1 Å². The Morgan fingerprint density at radius 1 is 1.05 bits per heavy atom. The van der Waals surface area contributed by atoms with Crippen LogP contribution in [-0.4, -0.2) is 24.2 Å². The van der Waals surface area contributed by atoms with Crippen molar-refractivity contribution in [3.05, 3.63) is 0 Å². The van der Waals surface area contributed by atoms with Gasteiger partial charge < -0.3 is 4.74 Å². The highest BCUT2D eigenvalue weighted by molar-refractivity contribution is 5.83. The molecule has 3 unspecified atom stereocenters. The summed E-state index contributed by atoms with van der Waals surface area (Å²) in [5.41, 5.74) is -0.114. The predicted octanol–water partition coefficient (Wildman–Crippen LogP) is 4.27. The van der Waals surface area contributed by atoms with Crippen molar-refractivity contribution in [1.82, 2.24) is 0 Å². The highest BCUT2D eigenvalue weighted by Gasteiger charge is 2.48. The molecule has 2 aliphatic carbocycles. The summed E-state index contributed by atoms with van der Waals surface area (Å²) in [6, 6.07) is 0. The van der Waals surface area contributed by atoms with Gasteiger partial charge in [-0.25, -0.2) is 0 Å². The molecule has 5 heteroatoms. The molecule has 3 aliphatic rings. The molecule has 1 spiro atoms. The number of hydrogen-bond donors (Lipinski definition) is 0. The monoisotopic (exact) mass is 304 g/mol. The van der Waals surface area contributed by atoms with Crippen LogP contribution in [0, 0.1) is 17.8 Å². The largest absolute Gasteiger partial charge is 0.391 e. The molecule has 0 amide bonds. The zero-order valence-electron chi connectivity index (χ0n) is 12.3. The molecule has 120 valence electrons. The van der Waals surface area contributed by atoms with Crippen LogP contribution in [0.5, 0.6) is 0 Å². The standard InChI is InChI=1S/C16H23F3O2/c17-16(18,19)13-4-1-3-11(9-13)14(20)12-5-8-21-15(10-12)6-2-7-15/h11-13H,1-10H2. The molecule has 0 bridgehead atoms. The first-order valence-corrected chi connectivity index (χ1v) is 8.14. The van der Waals surface area contributed by atoms with Crippen molar-refractivity contribution in [3.63, 3.8) is 0 Å². The van der Waals surface area contributed by atoms with Gasteiger partial charge in [-0.2, -0.15) is 13.2 Å². The molecular formula is C16H23F3O2. The van der Waals surface area contributed by atoms with E-state index in [0.29, 0.717) is 25.9 Å². The number of ketones is 1. The third-order valence-corrected chi connectivity index (χ3v) is 5.70. The first-order chi connectivity index (χ1) is 9.90. The molecule has 0 aromatic carbocycles. The SMILES string of the molecule is O=C(C1CCCC(C(F)(F)F)C1)C1CCOC2(CCC2)C1. The number of hydrogen-bond acceptors (Lipinski definition) is 2. The summed E-state index contributed by atoms with van der Waals surface area (Å²) in [7, 11) is 0. The number of ether oxygens (including phenoxy) is 1.